The van der Waals surface area contributed by atoms with Crippen LogP contribution in [-0.2, 0) is 7.05 Å². The van der Waals surface area contributed by atoms with Gasteiger partial charge in [0, 0.05) is 0 Å². The van der Waals surface area contributed by atoms with Crippen molar-refractivity contribution in [3.05, 3.63) is 0 Å². The van der Waals surface area contributed by atoms with Crippen molar-refractivity contribution in [2.45, 2.75) is 0 Å². The van der Waals surface area contributed by atoms with Crippen LogP contribution in [0.25, 0.3) is 0 Å². The van der Waals surface area contributed by atoms with Crippen LogP contribution in [0.4, 0.5) is 11.9 Å². The lowest BCUT2D eigenvalue weighted by atomic mass is 10.9. The van der Waals surface area contributed by atoms with Crippen LogP contribution in [0.3, 0.4) is 0 Å². The van der Waals surface area contributed by atoms with Crippen molar-refractivity contribution in [1.29, 1.82) is 0 Å². The molecule has 2 aromatic rings. The molecule has 0 aliphatic carbocycles. The maximum atomic E-state index is 3.85. The van der Waals surface area contributed by atoms with Gasteiger partial charge in [-0.25, -0.2) is 0 Å². The van der Waals surface area contributed by atoms with Crippen LogP contribution in [0.5, 0.6) is 0 Å². The van der Waals surface area contributed by atoms with Crippen molar-refractivity contribution in [1.82, 2.24) is 40.8 Å². The molecule has 0 aromatic carbocycles. The van der Waals surface area contributed by atoms with Gasteiger partial charge >= 0.3 is 0 Å². The Bertz CT molecular complexity index is 345. The largest absolute Gasteiger partial charge is 0.287 e. The molecule has 0 spiro atoms. The van der Waals surface area contributed by atoms with Crippen LogP contribution in [0.15, 0.2) is 0 Å². The summed E-state index contributed by atoms with van der Waals surface area (Å²) < 4.78 is 0. The fraction of sp³-hybridized carbons (Fsp3) is 0.333. The number of anilines is 2. The molecule has 12 heavy (non-hydrogen) atoms. The molecule has 0 unspecified atom stereocenters. The average Bonchev–Trinajstić information content (AvgIpc) is 2.63. The molecule has 0 radical (unpaired) electrons. The van der Waals surface area contributed by atoms with Crippen molar-refractivity contribution in [3.63, 3.8) is 0 Å². The maximum Gasteiger partial charge on any atom is 0.270 e. The molecule has 62 valence electrons. The summed E-state index contributed by atoms with van der Waals surface area (Å²) in [5.74, 6) is 0.641. The Hall–Kier alpha value is -2.06. The van der Waals surface area contributed by atoms with Crippen LogP contribution in [0.1, 0.15) is 0 Å². The molecule has 9 nitrogen and oxygen atoms in total. The molecule has 0 amide bonds. The van der Waals surface area contributed by atoms with Crippen molar-refractivity contribution >= 4 is 11.9 Å². The molecule has 2 rings (SSSR count). The lowest BCUT2D eigenvalue weighted by molar-refractivity contribution is 0.630. The van der Waals surface area contributed by atoms with E-state index in [-0.39, 0.29) is 0 Å². The standard InChI is InChI=1S/C3H5N9/c1-12-8-3(7-11-12)4-2-5-9-10-6-2/h1H3,(H2,4,5,6,8,9,10). The summed E-state index contributed by atoms with van der Waals surface area (Å²) >= 11 is 0. The number of hydrogen-bond donors (Lipinski definition) is 2. The Kier molecular flexibility index (Phi) is 1.40. The van der Waals surface area contributed by atoms with Crippen LogP contribution in [-0.4, -0.2) is 40.8 Å². The summed E-state index contributed by atoms with van der Waals surface area (Å²) in [5.41, 5.74) is 0. The first-order valence-electron chi connectivity index (χ1n) is 3.09. The zero-order valence-corrected chi connectivity index (χ0v) is 6.13. The van der Waals surface area contributed by atoms with Gasteiger partial charge in [0.1, 0.15) is 0 Å². The van der Waals surface area contributed by atoms with E-state index in [0.717, 1.165) is 0 Å². The minimum absolute atomic E-state index is 0.308. The van der Waals surface area contributed by atoms with Crippen molar-refractivity contribution in [2.75, 3.05) is 5.32 Å². The fourth-order valence-electron chi connectivity index (χ4n) is 0.649. The molecule has 0 saturated heterocycles. The van der Waals surface area contributed by atoms with Crippen molar-refractivity contribution < 1.29 is 0 Å². The van der Waals surface area contributed by atoms with E-state index in [2.05, 4.69) is 41.4 Å². The Morgan fingerprint density at radius 3 is 2.83 bits per heavy atom. The fourth-order valence-corrected chi connectivity index (χ4v) is 0.649. The zero-order chi connectivity index (χ0) is 8.39. The Morgan fingerprint density at radius 1 is 1.33 bits per heavy atom. The summed E-state index contributed by atoms with van der Waals surface area (Å²) in [6.45, 7) is 0. The minimum Gasteiger partial charge on any atom is -0.287 e. The van der Waals surface area contributed by atoms with E-state index in [9.17, 15) is 0 Å². The van der Waals surface area contributed by atoms with Crippen LogP contribution in [0.2, 0.25) is 0 Å². The van der Waals surface area contributed by atoms with Crippen molar-refractivity contribution in [2.24, 2.45) is 7.05 Å². The highest BCUT2D eigenvalue weighted by Gasteiger charge is 2.02. The number of aryl methyl sites for hydroxylation is 1. The number of nitrogens with one attached hydrogen (secondary N) is 2. The van der Waals surface area contributed by atoms with Crippen molar-refractivity contribution in [3.8, 4) is 0 Å². The van der Waals surface area contributed by atoms with Crippen LogP contribution < -0.4 is 5.32 Å². The molecule has 0 saturated carbocycles. The third-order valence-corrected chi connectivity index (χ3v) is 1.08. The molecule has 0 aliphatic rings. The summed E-state index contributed by atoms with van der Waals surface area (Å²) in [6, 6.07) is 0. The number of hydrogen-bond acceptors (Lipinski definition) is 7. The van der Waals surface area contributed by atoms with Gasteiger partial charge in [-0.05, 0) is 10.4 Å². The first kappa shape index (κ1) is 6.64. The predicted molar refractivity (Wildman–Crippen MR) is 36.3 cm³/mol. The minimum atomic E-state index is 0.308. The highest BCUT2D eigenvalue weighted by molar-refractivity contribution is 5.38. The smallest absolute Gasteiger partial charge is 0.270 e. The Balaban J connectivity index is 2.14. The normalized spacial score (nSPS) is 10.1. The van der Waals surface area contributed by atoms with E-state index in [1.807, 2.05) is 0 Å². The van der Waals surface area contributed by atoms with E-state index in [0.29, 0.717) is 11.9 Å². The lowest BCUT2D eigenvalue weighted by Gasteiger charge is -1.88. The van der Waals surface area contributed by atoms with Gasteiger partial charge in [0.15, 0.2) is 0 Å². The summed E-state index contributed by atoms with van der Waals surface area (Å²) in [7, 11) is 1.66. The predicted octanol–water partition coefficient (Wildman–Crippen LogP) is -1.53. The topological polar surface area (TPSA) is 110 Å². The van der Waals surface area contributed by atoms with E-state index in [1.165, 1.54) is 4.80 Å². The highest BCUT2D eigenvalue weighted by atomic mass is 15.6. The monoisotopic (exact) mass is 167 g/mol. The first-order valence-corrected chi connectivity index (χ1v) is 3.09. The molecule has 0 aliphatic heterocycles. The maximum absolute atomic E-state index is 3.85. The van der Waals surface area contributed by atoms with E-state index >= 15 is 0 Å². The molecule has 9 heteroatoms. The van der Waals surface area contributed by atoms with Gasteiger partial charge in [-0.15, -0.1) is 10.2 Å². The summed E-state index contributed by atoms with van der Waals surface area (Å²) in [6.07, 6.45) is 0. The van der Waals surface area contributed by atoms with Gasteiger partial charge in [0.2, 0.25) is 0 Å². The zero-order valence-electron chi connectivity index (χ0n) is 6.13. The number of H-pyrrole nitrogens is 1. The molecule has 0 bridgehead atoms. The number of tetrazole rings is 2. The second kappa shape index (κ2) is 2.53. The molecular weight excluding hydrogens is 162 g/mol. The molecule has 0 atom stereocenters. The molecule has 0 fully saturated rings. The molecule has 2 N–H and O–H groups in total. The number of aromatic nitrogens is 8. The second-order valence-electron chi connectivity index (χ2n) is 1.96. The molecule has 2 heterocycles. The SMILES string of the molecule is Cn1nnc(Nc2nn[nH]n2)n1. The Morgan fingerprint density at radius 2 is 2.25 bits per heavy atom. The van der Waals surface area contributed by atoms with Gasteiger partial charge in [-0.3, -0.25) is 5.32 Å². The van der Waals surface area contributed by atoms with Crippen LogP contribution >= 0.6 is 0 Å². The number of nitrogens with zero attached hydrogens (tertiary/aromatic N) is 7. The van der Waals surface area contributed by atoms with E-state index in [1.54, 1.807) is 7.05 Å². The van der Waals surface area contributed by atoms with Gasteiger partial charge < -0.3 is 0 Å². The van der Waals surface area contributed by atoms with Gasteiger partial charge in [0.25, 0.3) is 11.9 Å². The van der Waals surface area contributed by atoms with Gasteiger partial charge in [-0.2, -0.15) is 10.0 Å². The van der Waals surface area contributed by atoms with E-state index in [4.69, 9.17) is 0 Å². The first-order chi connectivity index (χ1) is 5.84. The number of aromatic amines is 1. The third kappa shape index (κ3) is 1.19. The van der Waals surface area contributed by atoms with Gasteiger partial charge in [0.05, 0.1) is 7.05 Å². The molecule has 2 aromatic heterocycles. The Labute approximate surface area is 66.2 Å². The number of rotatable bonds is 2. The third-order valence-electron chi connectivity index (χ3n) is 1.08. The van der Waals surface area contributed by atoms with E-state index < -0.39 is 0 Å². The van der Waals surface area contributed by atoms with Crippen LogP contribution in [0, 0.1) is 0 Å². The lowest BCUT2D eigenvalue weighted by Crippen LogP contribution is -1.96. The second-order valence-corrected chi connectivity index (χ2v) is 1.96. The average molecular weight is 167 g/mol. The summed E-state index contributed by atoms with van der Waals surface area (Å²) in [5, 5.41) is 26.7. The summed E-state index contributed by atoms with van der Waals surface area (Å²) in [4.78, 5) is 1.32. The highest BCUT2D eigenvalue weighted by Crippen LogP contribution is 2.00. The van der Waals surface area contributed by atoms with Gasteiger partial charge in [-0.1, -0.05) is 10.2 Å². The quantitative estimate of drug-likeness (QED) is 0.558. The molecular formula is C3H5N9.